The molecule has 3 saturated heterocycles. The zero-order valence-electron chi connectivity index (χ0n) is 14.1. The molecule has 0 unspecified atom stereocenters. The molecule has 3 fully saturated rings. The number of piperidine rings is 3. The molecule has 1 aromatic carbocycles. The molecule has 0 saturated carbocycles. The number of carbonyl (C=O) groups excluding carboxylic acids is 1. The Morgan fingerprint density at radius 3 is 2.72 bits per heavy atom. The van der Waals surface area contributed by atoms with Crippen LogP contribution in [0.3, 0.4) is 0 Å². The summed E-state index contributed by atoms with van der Waals surface area (Å²) in [5.41, 5.74) is 0. The number of ether oxygens (including phenoxy) is 1. The monoisotopic (exact) mass is 358 g/mol. The van der Waals surface area contributed by atoms with Crippen LogP contribution in [0.1, 0.15) is 29.4 Å². The number of rotatable bonds is 4. The molecule has 2 aromatic rings. The molecule has 0 radical (unpaired) electrons. The van der Waals surface area contributed by atoms with Gasteiger partial charge in [-0.05, 0) is 63.0 Å². The molecule has 3 aliphatic rings. The van der Waals surface area contributed by atoms with E-state index in [-0.39, 0.29) is 17.7 Å². The second-order valence-electron chi connectivity index (χ2n) is 6.80. The number of para-hydroxylation sites is 2. The first kappa shape index (κ1) is 16.4. The van der Waals surface area contributed by atoms with Crippen LogP contribution in [0.4, 0.5) is 0 Å². The normalized spacial score (nSPS) is 27.9. The molecule has 5 rings (SSSR count). The van der Waals surface area contributed by atoms with E-state index in [2.05, 4.69) is 17.1 Å². The van der Waals surface area contributed by atoms with Crippen molar-refractivity contribution in [3.63, 3.8) is 0 Å². The number of nitrogens with one attached hydrogen (secondary N) is 1. The SMILES string of the molecule is C[C@H]1[C@H](NC(=O)c2ccc(Oc3ccccc3O)s2)C2CCN1CC2. The Morgan fingerprint density at radius 1 is 1.24 bits per heavy atom. The summed E-state index contributed by atoms with van der Waals surface area (Å²) in [6, 6.07) is 11.0. The molecular weight excluding hydrogens is 336 g/mol. The van der Waals surface area contributed by atoms with E-state index in [0.29, 0.717) is 27.6 Å². The van der Waals surface area contributed by atoms with Crippen molar-refractivity contribution in [3.8, 4) is 16.6 Å². The van der Waals surface area contributed by atoms with Crippen molar-refractivity contribution >= 4 is 17.2 Å². The zero-order chi connectivity index (χ0) is 17.4. The van der Waals surface area contributed by atoms with E-state index in [1.807, 2.05) is 0 Å². The van der Waals surface area contributed by atoms with E-state index in [9.17, 15) is 9.90 Å². The number of thiophene rings is 1. The molecular formula is C19H22N2O3S. The lowest BCUT2D eigenvalue weighted by atomic mass is 9.79. The Morgan fingerprint density at radius 2 is 2.00 bits per heavy atom. The topological polar surface area (TPSA) is 61.8 Å². The molecule has 25 heavy (non-hydrogen) atoms. The van der Waals surface area contributed by atoms with E-state index in [1.165, 1.54) is 24.2 Å². The van der Waals surface area contributed by atoms with Gasteiger partial charge in [0.1, 0.15) is 0 Å². The number of carbonyl (C=O) groups is 1. The van der Waals surface area contributed by atoms with Crippen LogP contribution >= 0.6 is 11.3 Å². The number of hydrogen-bond donors (Lipinski definition) is 2. The fourth-order valence-corrected chi connectivity index (χ4v) is 4.69. The maximum Gasteiger partial charge on any atom is 0.261 e. The second kappa shape index (κ2) is 6.69. The van der Waals surface area contributed by atoms with Gasteiger partial charge in [0.25, 0.3) is 5.91 Å². The molecule has 132 valence electrons. The standard InChI is InChI=1S/C19H22N2O3S/c1-12-18(13-8-10-21(12)11-9-13)20-19(23)16-6-7-17(25-16)24-15-5-3-2-4-14(15)22/h2-7,12-13,18,22H,8-11H2,1H3,(H,20,23)/t12-,18-/m0/s1. The average molecular weight is 358 g/mol. The van der Waals surface area contributed by atoms with Crippen LogP contribution in [0.15, 0.2) is 36.4 Å². The first-order valence-corrected chi connectivity index (χ1v) is 9.54. The fourth-order valence-electron chi connectivity index (χ4n) is 3.92. The third-order valence-electron chi connectivity index (χ3n) is 5.36. The number of amides is 1. The lowest BCUT2D eigenvalue weighted by Crippen LogP contribution is -2.62. The number of fused-ring (bicyclic) bond motifs is 3. The summed E-state index contributed by atoms with van der Waals surface area (Å²) in [5.74, 6) is 1.02. The van der Waals surface area contributed by atoms with Gasteiger partial charge in [-0.15, -0.1) is 0 Å². The Bertz CT molecular complexity index is 766. The molecule has 2 N–H and O–H groups in total. The van der Waals surface area contributed by atoms with E-state index < -0.39 is 0 Å². The van der Waals surface area contributed by atoms with Crippen molar-refractivity contribution in [1.82, 2.24) is 10.2 Å². The van der Waals surface area contributed by atoms with Gasteiger partial charge in [-0.2, -0.15) is 0 Å². The van der Waals surface area contributed by atoms with Crippen LogP contribution in [0, 0.1) is 5.92 Å². The van der Waals surface area contributed by atoms with Gasteiger partial charge in [-0.1, -0.05) is 23.5 Å². The molecule has 0 aliphatic carbocycles. The highest BCUT2D eigenvalue weighted by molar-refractivity contribution is 7.15. The molecule has 2 bridgehead atoms. The Hall–Kier alpha value is -2.05. The van der Waals surface area contributed by atoms with Crippen LogP contribution in [0.5, 0.6) is 16.6 Å². The van der Waals surface area contributed by atoms with Gasteiger partial charge < -0.3 is 15.2 Å². The molecule has 1 amide bonds. The van der Waals surface area contributed by atoms with E-state index in [1.54, 1.807) is 36.4 Å². The third kappa shape index (κ3) is 3.24. The van der Waals surface area contributed by atoms with Gasteiger partial charge >= 0.3 is 0 Å². The van der Waals surface area contributed by atoms with Gasteiger partial charge in [-0.25, -0.2) is 0 Å². The Labute approximate surface area is 151 Å². The van der Waals surface area contributed by atoms with Crippen LogP contribution in [0.2, 0.25) is 0 Å². The summed E-state index contributed by atoms with van der Waals surface area (Å²) in [6.45, 7) is 4.50. The number of nitrogens with zero attached hydrogens (tertiary/aromatic N) is 1. The van der Waals surface area contributed by atoms with Crippen molar-refractivity contribution in [2.24, 2.45) is 5.92 Å². The largest absolute Gasteiger partial charge is 0.504 e. The number of benzene rings is 1. The van der Waals surface area contributed by atoms with Gasteiger partial charge in [0.2, 0.25) is 0 Å². The lowest BCUT2D eigenvalue weighted by molar-refractivity contribution is 0.0218. The first-order valence-electron chi connectivity index (χ1n) is 8.72. The summed E-state index contributed by atoms with van der Waals surface area (Å²) in [4.78, 5) is 15.7. The predicted molar refractivity (Wildman–Crippen MR) is 97.5 cm³/mol. The van der Waals surface area contributed by atoms with Crippen LogP contribution in [-0.2, 0) is 0 Å². The second-order valence-corrected chi connectivity index (χ2v) is 7.85. The highest BCUT2D eigenvalue weighted by Gasteiger charge is 2.40. The van der Waals surface area contributed by atoms with Crippen molar-refractivity contribution < 1.29 is 14.6 Å². The van der Waals surface area contributed by atoms with Crippen molar-refractivity contribution in [2.45, 2.75) is 31.8 Å². The number of hydrogen-bond acceptors (Lipinski definition) is 5. The predicted octanol–water partition coefficient (Wildman–Crippen LogP) is 3.46. The van der Waals surface area contributed by atoms with E-state index in [0.717, 1.165) is 13.1 Å². The van der Waals surface area contributed by atoms with Gasteiger partial charge in [-0.3, -0.25) is 9.69 Å². The molecule has 1 aromatic heterocycles. The Kier molecular flexibility index (Phi) is 4.39. The number of phenols is 1. The van der Waals surface area contributed by atoms with E-state index in [4.69, 9.17) is 4.74 Å². The van der Waals surface area contributed by atoms with Crippen LogP contribution in [0.25, 0.3) is 0 Å². The average Bonchev–Trinajstić information content (AvgIpc) is 3.09. The zero-order valence-corrected chi connectivity index (χ0v) is 15.0. The molecule has 4 heterocycles. The quantitative estimate of drug-likeness (QED) is 0.879. The van der Waals surface area contributed by atoms with Gasteiger partial charge in [0.05, 0.1) is 4.88 Å². The molecule has 5 nitrogen and oxygen atoms in total. The van der Waals surface area contributed by atoms with Crippen molar-refractivity contribution in [3.05, 3.63) is 41.3 Å². The Balaban J connectivity index is 1.43. The summed E-state index contributed by atoms with van der Waals surface area (Å²) < 4.78 is 5.68. The van der Waals surface area contributed by atoms with Gasteiger partial charge in [0, 0.05) is 12.1 Å². The smallest absolute Gasteiger partial charge is 0.261 e. The maximum absolute atomic E-state index is 12.6. The number of phenolic OH excluding ortho intramolecular Hbond substituents is 1. The summed E-state index contributed by atoms with van der Waals surface area (Å²) >= 11 is 1.30. The molecule has 6 heteroatoms. The summed E-state index contributed by atoms with van der Waals surface area (Å²) in [6.07, 6.45) is 2.34. The third-order valence-corrected chi connectivity index (χ3v) is 6.32. The minimum atomic E-state index is -0.0391. The first-order chi connectivity index (χ1) is 12.1. The highest BCUT2D eigenvalue weighted by Crippen LogP contribution is 2.35. The summed E-state index contributed by atoms with van der Waals surface area (Å²) in [5, 5.41) is 13.6. The van der Waals surface area contributed by atoms with Gasteiger partial charge in [0.15, 0.2) is 16.6 Å². The van der Waals surface area contributed by atoms with Crippen LogP contribution < -0.4 is 10.1 Å². The van der Waals surface area contributed by atoms with Crippen molar-refractivity contribution in [2.75, 3.05) is 13.1 Å². The number of aromatic hydroxyl groups is 1. The summed E-state index contributed by atoms with van der Waals surface area (Å²) in [7, 11) is 0. The highest BCUT2D eigenvalue weighted by atomic mass is 32.1. The minimum Gasteiger partial charge on any atom is -0.504 e. The molecule has 3 aliphatic heterocycles. The van der Waals surface area contributed by atoms with Crippen molar-refractivity contribution in [1.29, 1.82) is 0 Å². The maximum atomic E-state index is 12.6. The van der Waals surface area contributed by atoms with Crippen LogP contribution in [-0.4, -0.2) is 41.1 Å². The minimum absolute atomic E-state index is 0.0391. The molecule has 2 atom stereocenters. The molecule has 0 spiro atoms. The fraction of sp³-hybridized carbons (Fsp3) is 0.421. The lowest BCUT2D eigenvalue weighted by Gasteiger charge is -2.49. The van der Waals surface area contributed by atoms with E-state index >= 15 is 0 Å².